The topological polar surface area (TPSA) is 56.8 Å². The number of aryl methyl sites for hydroxylation is 1. The lowest BCUT2D eigenvalue weighted by molar-refractivity contribution is -0.123. The predicted octanol–water partition coefficient (Wildman–Crippen LogP) is 2.58. The van der Waals surface area contributed by atoms with E-state index in [9.17, 15) is 4.79 Å². The number of ether oxygens (including phenoxy) is 3. The first-order valence-electron chi connectivity index (χ1n) is 8.12. The molecule has 5 heteroatoms. The van der Waals surface area contributed by atoms with Gasteiger partial charge in [0.05, 0.1) is 6.54 Å². The van der Waals surface area contributed by atoms with Crippen LogP contribution in [0.5, 0.6) is 17.2 Å². The van der Waals surface area contributed by atoms with Crippen LogP contribution in [0.2, 0.25) is 0 Å². The molecule has 2 aromatic rings. The van der Waals surface area contributed by atoms with Crippen LogP contribution in [0.25, 0.3) is 0 Å². The highest BCUT2D eigenvalue weighted by molar-refractivity contribution is 5.77. The van der Waals surface area contributed by atoms with Gasteiger partial charge in [0.25, 0.3) is 5.91 Å². The molecule has 5 nitrogen and oxygen atoms in total. The first-order valence-corrected chi connectivity index (χ1v) is 8.12. The number of rotatable bonds is 6. The summed E-state index contributed by atoms with van der Waals surface area (Å²) >= 11 is 0. The zero-order valence-corrected chi connectivity index (χ0v) is 13.7. The van der Waals surface area contributed by atoms with Gasteiger partial charge in [0.1, 0.15) is 18.5 Å². The molecule has 1 aliphatic heterocycles. The molecule has 1 amide bonds. The fourth-order valence-corrected chi connectivity index (χ4v) is 2.52. The third-order valence-corrected chi connectivity index (χ3v) is 3.81. The van der Waals surface area contributed by atoms with Crippen LogP contribution < -0.4 is 19.5 Å². The van der Waals surface area contributed by atoms with Gasteiger partial charge in [-0.25, -0.2) is 0 Å². The largest absolute Gasteiger partial charge is 0.486 e. The van der Waals surface area contributed by atoms with Gasteiger partial charge in [-0.05, 0) is 30.2 Å². The van der Waals surface area contributed by atoms with Gasteiger partial charge in [0.2, 0.25) is 0 Å². The van der Waals surface area contributed by atoms with Crippen molar-refractivity contribution in [1.29, 1.82) is 0 Å². The summed E-state index contributed by atoms with van der Waals surface area (Å²) in [5.74, 6) is 2.01. The third kappa shape index (κ3) is 3.98. The fourth-order valence-electron chi connectivity index (χ4n) is 2.52. The van der Waals surface area contributed by atoms with Crippen LogP contribution in [0.15, 0.2) is 48.5 Å². The number of nitrogens with one attached hydrogen (secondary N) is 1. The van der Waals surface area contributed by atoms with Gasteiger partial charge in [-0.1, -0.05) is 37.3 Å². The summed E-state index contributed by atoms with van der Waals surface area (Å²) in [6, 6.07) is 15.2. The highest BCUT2D eigenvalue weighted by atomic mass is 16.6. The lowest BCUT2D eigenvalue weighted by atomic mass is 10.1. The molecule has 0 aromatic heterocycles. The van der Waals surface area contributed by atoms with Crippen LogP contribution >= 0.6 is 0 Å². The van der Waals surface area contributed by atoms with Gasteiger partial charge < -0.3 is 19.5 Å². The number of carbonyl (C=O) groups excluding carboxylic acids is 1. The van der Waals surface area contributed by atoms with E-state index in [1.807, 2.05) is 48.5 Å². The first-order chi connectivity index (χ1) is 11.8. The zero-order chi connectivity index (χ0) is 16.8. The molecule has 0 saturated carbocycles. The van der Waals surface area contributed by atoms with Crippen LogP contribution in [0.4, 0.5) is 0 Å². The van der Waals surface area contributed by atoms with E-state index in [0.717, 1.165) is 23.5 Å². The standard InChI is InChI=1S/C19H21NO4/c1-2-14-7-3-4-8-16(14)23-13-19(21)20-11-15-12-22-17-9-5-6-10-18(17)24-15/h3-10,15H,2,11-13H2,1H3,(H,20,21)/t15-/m1/s1. The first kappa shape index (κ1) is 16.2. The highest BCUT2D eigenvalue weighted by Gasteiger charge is 2.21. The van der Waals surface area contributed by atoms with E-state index >= 15 is 0 Å². The molecule has 2 aromatic carbocycles. The number of hydrogen-bond acceptors (Lipinski definition) is 4. The molecular formula is C19H21NO4. The lowest BCUT2D eigenvalue weighted by Crippen LogP contribution is -2.42. The summed E-state index contributed by atoms with van der Waals surface area (Å²) in [4.78, 5) is 12.0. The summed E-state index contributed by atoms with van der Waals surface area (Å²) in [6.07, 6.45) is 0.663. The van der Waals surface area contributed by atoms with Crippen LogP contribution in [-0.2, 0) is 11.2 Å². The smallest absolute Gasteiger partial charge is 0.258 e. The van der Waals surface area contributed by atoms with Crippen molar-refractivity contribution in [2.75, 3.05) is 19.8 Å². The van der Waals surface area contributed by atoms with Crippen molar-refractivity contribution in [3.8, 4) is 17.2 Å². The molecular weight excluding hydrogens is 306 g/mol. The van der Waals surface area contributed by atoms with Crippen molar-refractivity contribution in [2.24, 2.45) is 0 Å². The van der Waals surface area contributed by atoms with Crippen LogP contribution in [0.1, 0.15) is 12.5 Å². The molecule has 1 aliphatic rings. The summed E-state index contributed by atoms with van der Waals surface area (Å²) in [5, 5.41) is 2.82. The van der Waals surface area contributed by atoms with Gasteiger partial charge in [-0.3, -0.25) is 4.79 Å². The van der Waals surface area contributed by atoms with Crippen molar-refractivity contribution in [2.45, 2.75) is 19.4 Å². The van der Waals surface area contributed by atoms with E-state index < -0.39 is 0 Å². The monoisotopic (exact) mass is 327 g/mol. The van der Waals surface area contributed by atoms with Crippen molar-refractivity contribution in [3.63, 3.8) is 0 Å². The zero-order valence-electron chi connectivity index (χ0n) is 13.7. The Morgan fingerprint density at radius 3 is 2.75 bits per heavy atom. The molecule has 0 unspecified atom stereocenters. The van der Waals surface area contributed by atoms with Gasteiger partial charge in [0.15, 0.2) is 18.1 Å². The summed E-state index contributed by atoms with van der Waals surface area (Å²) in [7, 11) is 0. The second kappa shape index (κ2) is 7.73. The fraction of sp³-hybridized carbons (Fsp3) is 0.316. The van der Waals surface area contributed by atoms with E-state index in [0.29, 0.717) is 18.9 Å². The normalized spacial score (nSPS) is 15.6. The van der Waals surface area contributed by atoms with E-state index in [-0.39, 0.29) is 18.6 Å². The van der Waals surface area contributed by atoms with Crippen LogP contribution in [0.3, 0.4) is 0 Å². The van der Waals surface area contributed by atoms with Crippen molar-refractivity contribution in [3.05, 3.63) is 54.1 Å². The SMILES string of the molecule is CCc1ccccc1OCC(=O)NC[C@@H]1COc2ccccc2O1. The molecule has 0 bridgehead atoms. The molecule has 3 rings (SSSR count). The molecule has 0 spiro atoms. The van der Waals surface area contributed by atoms with Gasteiger partial charge in [-0.15, -0.1) is 0 Å². The number of benzene rings is 2. The Kier molecular flexibility index (Phi) is 5.21. The Morgan fingerprint density at radius 1 is 1.17 bits per heavy atom. The molecule has 0 saturated heterocycles. The second-order valence-corrected chi connectivity index (χ2v) is 5.55. The third-order valence-electron chi connectivity index (χ3n) is 3.81. The summed E-state index contributed by atoms with van der Waals surface area (Å²) in [6.45, 7) is 2.84. The van der Waals surface area contributed by atoms with Crippen molar-refractivity contribution in [1.82, 2.24) is 5.32 Å². The maximum atomic E-state index is 12.0. The van der Waals surface area contributed by atoms with Crippen LogP contribution in [-0.4, -0.2) is 31.8 Å². The van der Waals surface area contributed by atoms with Crippen molar-refractivity contribution >= 4 is 5.91 Å². The lowest BCUT2D eigenvalue weighted by Gasteiger charge is -2.26. The molecule has 1 N–H and O–H groups in total. The number of amides is 1. The Labute approximate surface area is 141 Å². The molecule has 24 heavy (non-hydrogen) atoms. The molecule has 126 valence electrons. The number of hydrogen-bond donors (Lipinski definition) is 1. The van der Waals surface area contributed by atoms with E-state index in [2.05, 4.69) is 12.2 Å². The Morgan fingerprint density at radius 2 is 1.92 bits per heavy atom. The summed E-state index contributed by atoms with van der Waals surface area (Å²) < 4.78 is 17.0. The van der Waals surface area contributed by atoms with Gasteiger partial charge in [-0.2, -0.15) is 0 Å². The summed E-state index contributed by atoms with van der Waals surface area (Å²) in [5.41, 5.74) is 1.09. The maximum absolute atomic E-state index is 12.0. The minimum Gasteiger partial charge on any atom is -0.486 e. The molecule has 0 fully saturated rings. The van der Waals surface area contributed by atoms with Crippen molar-refractivity contribution < 1.29 is 19.0 Å². The predicted molar refractivity (Wildman–Crippen MR) is 90.7 cm³/mol. The highest BCUT2D eigenvalue weighted by Crippen LogP contribution is 2.30. The van der Waals surface area contributed by atoms with Gasteiger partial charge in [0, 0.05) is 0 Å². The van der Waals surface area contributed by atoms with E-state index in [4.69, 9.17) is 14.2 Å². The number of fused-ring (bicyclic) bond motifs is 1. The molecule has 0 radical (unpaired) electrons. The Bertz CT molecular complexity index is 701. The van der Waals surface area contributed by atoms with E-state index in [1.165, 1.54) is 0 Å². The van der Waals surface area contributed by atoms with Gasteiger partial charge >= 0.3 is 0 Å². The second-order valence-electron chi connectivity index (χ2n) is 5.55. The molecule has 1 heterocycles. The minimum absolute atomic E-state index is 0.0127. The van der Waals surface area contributed by atoms with E-state index in [1.54, 1.807) is 0 Å². The average molecular weight is 327 g/mol. The van der Waals surface area contributed by atoms with Crippen LogP contribution in [0, 0.1) is 0 Å². The molecule has 1 atom stereocenters. The Hall–Kier alpha value is -2.69. The maximum Gasteiger partial charge on any atom is 0.258 e. The average Bonchev–Trinajstić information content (AvgIpc) is 2.64. The quantitative estimate of drug-likeness (QED) is 0.886. The number of carbonyl (C=O) groups is 1. The Balaban J connectivity index is 1.45. The number of para-hydroxylation sites is 3. The molecule has 0 aliphatic carbocycles. The minimum atomic E-state index is -0.202.